The molecule has 1 aliphatic rings. The van der Waals surface area contributed by atoms with Crippen LogP contribution in [0.4, 0.5) is 5.69 Å². The number of carbonyl (C=O) groups is 1. The van der Waals surface area contributed by atoms with Crippen LogP contribution >= 0.6 is 0 Å². The zero-order valence-corrected chi connectivity index (χ0v) is 16.1. The molecule has 1 saturated heterocycles. The van der Waals surface area contributed by atoms with Crippen LogP contribution in [0.5, 0.6) is 17.2 Å². The van der Waals surface area contributed by atoms with E-state index >= 15 is 0 Å². The molecule has 6 nitrogen and oxygen atoms in total. The molecule has 0 spiro atoms. The molecule has 0 bridgehead atoms. The van der Waals surface area contributed by atoms with E-state index in [1.54, 1.807) is 19.2 Å². The molecule has 144 valence electrons. The second kappa shape index (κ2) is 8.77. The monoisotopic (exact) mass is 370 g/mol. The Balaban J connectivity index is 1.78. The Labute approximate surface area is 160 Å². The van der Waals surface area contributed by atoms with Crippen molar-refractivity contribution < 1.29 is 19.0 Å². The van der Waals surface area contributed by atoms with Crippen LogP contribution in [-0.2, 0) is 6.54 Å². The van der Waals surface area contributed by atoms with E-state index < -0.39 is 0 Å². The lowest BCUT2D eigenvalue weighted by Crippen LogP contribution is -2.18. The summed E-state index contributed by atoms with van der Waals surface area (Å²) in [7, 11) is 4.60. The van der Waals surface area contributed by atoms with E-state index in [2.05, 4.69) is 16.3 Å². The summed E-state index contributed by atoms with van der Waals surface area (Å²) < 4.78 is 15.9. The van der Waals surface area contributed by atoms with Crippen molar-refractivity contribution in [2.45, 2.75) is 19.4 Å². The molecule has 1 amide bonds. The van der Waals surface area contributed by atoms with Gasteiger partial charge in [0.15, 0.2) is 11.5 Å². The van der Waals surface area contributed by atoms with Crippen molar-refractivity contribution in [1.82, 2.24) is 4.90 Å². The molecule has 1 aliphatic heterocycles. The zero-order valence-electron chi connectivity index (χ0n) is 16.1. The topological polar surface area (TPSA) is 60.0 Å². The number of ether oxygens (including phenoxy) is 3. The summed E-state index contributed by atoms with van der Waals surface area (Å²) in [6.45, 7) is 3.18. The van der Waals surface area contributed by atoms with Crippen LogP contribution in [-0.4, -0.2) is 45.2 Å². The maximum absolute atomic E-state index is 12.8. The third kappa shape index (κ3) is 4.52. The van der Waals surface area contributed by atoms with Crippen LogP contribution in [0, 0.1) is 0 Å². The number of likely N-dealkylation sites (tertiary alicyclic amines) is 1. The summed E-state index contributed by atoms with van der Waals surface area (Å²) in [5.74, 6) is 1.16. The SMILES string of the molecule is COc1cc(OC)c(C(=O)Nc2cccc(CN3CCCC3)c2)cc1OC. The Kier molecular flexibility index (Phi) is 6.19. The molecule has 1 N–H and O–H groups in total. The lowest BCUT2D eigenvalue weighted by molar-refractivity contribution is 0.102. The first-order chi connectivity index (χ1) is 13.1. The Morgan fingerprint density at radius 3 is 2.30 bits per heavy atom. The number of hydrogen-bond donors (Lipinski definition) is 1. The maximum atomic E-state index is 12.8. The number of methoxy groups -OCH3 is 3. The maximum Gasteiger partial charge on any atom is 0.259 e. The van der Waals surface area contributed by atoms with Crippen molar-refractivity contribution in [3.05, 3.63) is 47.5 Å². The zero-order chi connectivity index (χ0) is 19.2. The number of hydrogen-bond acceptors (Lipinski definition) is 5. The van der Waals surface area contributed by atoms with Gasteiger partial charge in [-0.05, 0) is 43.6 Å². The number of nitrogens with zero attached hydrogens (tertiary/aromatic N) is 1. The van der Waals surface area contributed by atoms with Gasteiger partial charge in [-0.15, -0.1) is 0 Å². The normalized spacial score (nSPS) is 14.0. The largest absolute Gasteiger partial charge is 0.496 e. The quantitative estimate of drug-likeness (QED) is 0.808. The van der Waals surface area contributed by atoms with E-state index in [1.807, 2.05) is 18.2 Å². The summed E-state index contributed by atoms with van der Waals surface area (Å²) in [6.07, 6.45) is 2.52. The highest BCUT2D eigenvalue weighted by molar-refractivity contribution is 6.06. The van der Waals surface area contributed by atoms with Gasteiger partial charge in [-0.1, -0.05) is 12.1 Å². The number of carbonyl (C=O) groups excluding carboxylic acids is 1. The minimum atomic E-state index is -0.258. The molecule has 1 fully saturated rings. The smallest absolute Gasteiger partial charge is 0.259 e. The minimum absolute atomic E-state index is 0.258. The van der Waals surface area contributed by atoms with Crippen molar-refractivity contribution in [2.75, 3.05) is 39.7 Å². The van der Waals surface area contributed by atoms with Crippen LogP contribution in [0.2, 0.25) is 0 Å². The first-order valence-corrected chi connectivity index (χ1v) is 9.07. The van der Waals surface area contributed by atoms with Gasteiger partial charge in [0.2, 0.25) is 0 Å². The average Bonchev–Trinajstić information content (AvgIpc) is 3.20. The Morgan fingerprint density at radius 2 is 1.63 bits per heavy atom. The van der Waals surface area contributed by atoms with Gasteiger partial charge in [0, 0.05) is 24.4 Å². The third-order valence-electron chi connectivity index (χ3n) is 4.74. The van der Waals surface area contributed by atoms with Gasteiger partial charge in [0.1, 0.15) is 5.75 Å². The predicted molar refractivity (Wildman–Crippen MR) is 105 cm³/mol. The van der Waals surface area contributed by atoms with E-state index in [-0.39, 0.29) is 5.91 Å². The third-order valence-corrected chi connectivity index (χ3v) is 4.74. The lowest BCUT2D eigenvalue weighted by atomic mass is 10.1. The predicted octanol–water partition coefficient (Wildman–Crippen LogP) is 3.56. The first kappa shape index (κ1) is 19.0. The fraction of sp³-hybridized carbons (Fsp3) is 0.381. The van der Waals surface area contributed by atoms with E-state index in [4.69, 9.17) is 14.2 Å². The fourth-order valence-electron chi connectivity index (χ4n) is 3.35. The van der Waals surface area contributed by atoms with Crippen LogP contribution < -0.4 is 19.5 Å². The van der Waals surface area contributed by atoms with Crippen molar-refractivity contribution in [2.24, 2.45) is 0 Å². The number of benzene rings is 2. The van der Waals surface area contributed by atoms with Crippen LogP contribution in [0.1, 0.15) is 28.8 Å². The molecule has 2 aromatic carbocycles. The van der Waals surface area contributed by atoms with E-state index in [9.17, 15) is 4.79 Å². The van der Waals surface area contributed by atoms with Crippen LogP contribution in [0.3, 0.4) is 0 Å². The molecule has 1 heterocycles. The number of rotatable bonds is 7. The minimum Gasteiger partial charge on any atom is -0.496 e. The fourth-order valence-corrected chi connectivity index (χ4v) is 3.35. The second-order valence-electron chi connectivity index (χ2n) is 6.55. The summed E-state index contributed by atoms with van der Waals surface area (Å²) in [6, 6.07) is 11.2. The molecule has 6 heteroatoms. The molecule has 0 aliphatic carbocycles. The van der Waals surface area contributed by atoms with Gasteiger partial charge in [-0.2, -0.15) is 0 Å². The molecule has 0 radical (unpaired) electrons. The lowest BCUT2D eigenvalue weighted by Gasteiger charge is -2.16. The van der Waals surface area contributed by atoms with Crippen LogP contribution in [0.15, 0.2) is 36.4 Å². The van der Waals surface area contributed by atoms with Crippen molar-refractivity contribution in [3.8, 4) is 17.2 Å². The van der Waals surface area contributed by atoms with Crippen LogP contribution in [0.25, 0.3) is 0 Å². The number of anilines is 1. The van der Waals surface area contributed by atoms with Gasteiger partial charge in [0.25, 0.3) is 5.91 Å². The van der Waals surface area contributed by atoms with Gasteiger partial charge in [-0.3, -0.25) is 9.69 Å². The number of nitrogens with one attached hydrogen (secondary N) is 1. The second-order valence-corrected chi connectivity index (χ2v) is 6.55. The molecule has 0 atom stereocenters. The summed E-state index contributed by atoms with van der Waals surface area (Å²) in [5.41, 5.74) is 2.34. The van der Waals surface area contributed by atoms with Gasteiger partial charge < -0.3 is 19.5 Å². The summed E-state index contributed by atoms with van der Waals surface area (Å²) in [5, 5.41) is 2.95. The van der Waals surface area contributed by atoms with Gasteiger partial charge in [-0.25, -0.2) is 0 Å². The molecule has 0 aromatic heterocycles. The summed E-state index contributed by atoms with van der Waals surface area (Å²) in [4.78, 5) is 15.2. The van der Waals surface area contributed by atoms with Crippen molar-refractivity contribution in [1.29, 1.82) is 0 Å². The summed E-state index contributed by atoms with van der Waals surface area (Å²) >= 11 is 0. The Hall–Kier alpha value is -2.73. The molecule has 0 unspecified atom stereocenters. The molecule has 3 rings (SSSR count). The average molecular weight is 370 g/mol. The van der Waals surface area contributed by atoms with E-state index in [0.29, 0.717) is 22.8 Å². The van der Waals surface area contributed by atoms with Crippen molar-refractivity contribution in [3.63, 3.8) is 0 Å². The molecule has 27 heavy (non-hydrogen) atoms. The van der Waals surface area contributed by atoms with E-state index in [0.717, 1.165) is 25.3 Å². The number of amides is 1. The Morgan fingerprint density at radius 1 is 0.963 bits per heavy atom. The Bertz CT molecular complexity index is 801. The molecule has 0 saturated carbocycles. The molecule has 2 aromatic rings. The molecular formula is C21H26N2O4. The van der Waals surface area contributed by atoms with Gasteiger partial charge in [0.05, 0.1) is 26.9 Å². The van der Waals surface area contributed by atoms with Crippen molar-refractivity contribution >= 4 is 11.6 Å². The van der Waals surface area contributed by atoms with Gasteiger partial charge >= 0.3 is 0 Å². The van der Waals surface area contributed by atoms with E-state index in [1.165, 1.54) is 32.6 Å². The standard InChI is InChI=1S/C21H26N2O4/c1-25-18-13-20(27-3)19(26-2)12-17(18)21(24)22-16-8-6-7-15(11-16)14-23-9-4-5-10-23/h6-8,11-13H,4-5,9-10,14H2,1-3H3,(H,22,24). The molecular weight excluding hydrogens is 344 g/mol. The first-order valence-electron chi connectivity index (χ1n) is 9.07. The highest BCUT2D eigenvalue weighted by Crippen LogP contribution is 2.35. The highest BCUT2D eigenvalue weighted by atomic mass is 16.5. The highest BCUT2D eigenvalue weighted by Gasteiger charge is 2.18.